The number of para-hydroxylation sites is 1. The topological polar surface area (TPSA) is 82.3 Å². The fraction of sp³-hybridized carbons (Fsp3) is 0.0500. The van der Waals surface area contributed by atoms with E-state index in [1.165, 1.54) is 0 Å². The van der Waals surface area contributed by atoms with Crippen LogP contribution in [0.4, 0.5) is 5.69 Å². The summed E-state index contributed by atoms with van der Waals surface area (Å²) in [7, 11) is 0. The third-order valence-electron chi connectivity index (χ3n) is 3.88. The van der Waals surface area contributed by atoms with E-state index in [1.54, 1.807) is 36.4 Å². The van der Waals surface area contributed by atoms with Gasteiger partial charge in [-0.2, -0.15) is 0 Å². The summed E-state index contributed by atoms with van der Waals surface area (Å²) in [5.74, 6) is -0.777. The number of thiocarbonyl (C=S) groups is 1. The highest BCUT2D eigenvalue weighted by molar-refractivity contribution is 7.80. The van der Waals surface area contributed by atoms with Crippen molar-refractivity contribution in [2.75, 3.05) is 11.9 Å². The van der Waals surface area contributed by atoms with Gasteiger partial charge >= 0.3 is 0 Å². The number of carbonyl (C=O) groups excluding carboxylic acids is 2. The summed E-state index contributed by atoms with van der Waals surface area (Å²) in [4.78, 5) is 24.4. The van der Waals surface area contributed by atoms with E-state index >= 15 is 0 Å². The lowest BCUT2D eigenvalue weighted by Gasteiger charge is -2.13. The van der Waals surface area contributed by atoms with Crippen LogP contribution in [0.3, 0.4) is 0 Å². The molecule has 0 fully saturated rings. The molecule has 4 N–H and O–H groups in total. The van der Waals surface area contributed by atoms with Crippen LogP contribution < -0.4 is 21.5 Å². The van der Waals surface area contributed by atoms with Crippen molar-refractivity contribution in [2.24, 2.45) is 0 Å². The van der Waals surface area contributed by atoms with Crippen molar-refractivity contribution in [1.82, 2.24) is 16.2 Å². The Morgan fingerprint density at radius 2 is 1.61 bits per heavy atom. The summed E-state index contributed by atoms with van der Waals surface area (Å²) in [6.45, 7) is -0.205. The summed E-state index contributed by atoms with van der Waals surface area (Å²) in [6, 6.07) is 20.1. The minimum Gasteiger partial charge on any atom is -0.343 e. The quantitative estimate of drug-likeness (QED) is 0.390. The van der Waals surface area contributed by atoms with Crippen molar-refractivity contribution in [3.63, 3.8) is 0 Å². The number of carbonyl (C=O) groups is 2. The molecule has 0 atom stereocenters. The number of anilines is 1. The van der Waals surface area contributed by atoms with Crippen LogP contribution in [0, 0.1) is 0 Å². The molecule has 0 unspecified atom stereocenters. The van der Waals surface area contributed by atoms with Gasteiger partial charge in [0.15, 0.2) is 5.11 Å². The van der Waals surface area contributed by atoms with Crippen molar-refractivity contribution < 1.29 is 9.59 Å². The van der Waals surface area contributed by atoms with E-state index in [2.05, 4.69) is 21.5 Å². The molecule has 28 heavy (non-hydrogen) atoms. The molecule has 0 bridgehead atoms. The fourth-order valence-electron chi connectivity index (χ4n) is 2.57. The van der Waals surface area contributed by atoms with Crippen molar-refractivity contribution in [3.8, 4) is 0 Å². The summed E-state index contributed by atoms with van der Waals surface area (Å²) in [5, 5.41) is 7.91. The molecule has 6 nitrogen and oxygen atoms in total. The van der Waals surface area contributed by atoms with Gasteiger partial charge in [-0.1, -0.05) is 60.1 Å². The molecule has 3 rings (SSSR count). The number of amides is 2. The third-order valence-corrected chi connectivity index (χ3v) is 4.41. The third kappa shape index (κ3) is 4.97. The van der Waals surface area contributed by atoms with Crippen LogP contribution in [0.2, 0.25) is 5.02 Å². The zero-order valence-corrected chi connectivity index (χ0v) is 16.2. The van der Waals surface area contributed by atoms with E-state index in [-0.39, 0.29) is 17.6 Å². The van der Waals surface area contributed by atoms with Crippen molar-refractivity contribution in [2.45, 2.75) is 0 Å². The van der Waals surface area contributed by atoms with E-state index in [0.29, 0.717) is 16.3 Å². The molecule has 0 spiro atoms. The molecule has 0 saturated carbocycles. The van der Waals surface area contributed by atoms with Gasteiger partial charge in [0.2, 0.25) is 0 Å². The van der Waals surface area contributed by atoms with Gasteiger partial charge in [-0.25, -0.2) is 0 Å². The highest BCUT2D eigenvalue weighted by atomic mass is 35.5. The number of hydrogen-bond acceptors (Lipinski definition) is 3. The molecule has 2 amide bonds. The van der Waals surface area contributed by atoms with Gasteiger partial charge in [-0.15, -0.1) is 0 Å². The molecule has 0 aliphatic heterocycles. The van der Waals surface area contributed by atoms with Gasteiger partial charge in [0.1, 0.15) is 0 Å². The number of benzene rings is 3. The van der Waals surface area contributed by atoms with Crippen molar-refractivity contribution in [3.05, 3.63) is 77.3 Å². The molecule has 0 aliphatic carbocycles. The largest absolute Gasteiger partial charge is 0.343 e. The summed E-state index contributed by atoms with van der Waals surface area (Å²) in [6.07, 6.45) is 0. The smallest absolute Gasteiger partial charge is 0.257 e. The number of halogens is 1. The maximum atomic E-state index is 12.4. The Hall–Kier alpha value is -3.16. The molecule has 0 radical (unpaired) electrons. The van der Waals surface area contributed by atoms with E-state index < -0.39 is 5.91 Å². The number of rotatable bonds is 4. The second kappa shape index (κ2) is 9.16. The molecule has 8 heteroatoms. The van der Waals surface area contributed by atoms with Crippen LogP contribution in [0.25, 0.3) is 10.8 Å². The zero-order chi connectivity index (χ0) is 19.9. The first-order chi connectivity index (χ1) is 13.5. The van der Waals surface area contributed by atoms with Gasteiger partial charge in [0.05, 0.1) is 17.3 Å². The number of hydrazine groups is 1. The summed E-state index contributed by atoms with van der Waals surface area (Å²) in [5.41, 5.74) is 6.10. The Morgan fingerprint density at radius 3 is 2.43 bits per heavy atom. The van der Waals surface area contributed by atoms with Gasteiger partial charge in [-0.05, 0) is 41.2 Å². The molecule has 3 aromatic rings. The lowest BCUT2D eigenvalue weighted by molar-refractivity contribution is -0.120. The normalized spacial score (nSPS) is 10.2. The average Bonchev–Trinajstić information content (AvgIpc) is 2.71. The Kier molecular flexibility index (Phi) is 6.41. The monoisotopic (exact) mass is 412 g/mol. The predicted molar refractivity (Wildman–Crippen MR) is 115 cm³/mol. The van der Waals surface area contributed by atoms with Crippen LogP contribution in [0.1, 0.15) is 10.4 Å². The Bertz CT molecular complexity index is 1040. The highest BCUT2D eigenvalue weighted by Crippen LogP contribution is 2.20. The highest BCUT2D eigenvalue weighted by Gasteiger charge is 2.11. The first-order valence-electron chi connectivity index (χ1n) is 8.41. The van der Waals surface area contributed by atoms with Crippen molar-refractivity contribution >= 4 is 57.2 Å². The van der Waals surface area contributed by atoms with Crippen LogP contribution in [-0.2, 0) is 4.79 Å². The van der Waals surface area contributed by atoms with Gasteiger partial charge < -0.3 is 10.6 Å². The molecule has 142 valence electrons. The zero-order valence-electron chi connectivity index (χ0n) is 14.7. The van der Waals surface area contributed by atoms with Crippen LogP contribution in [0.5, 0.6) is 0 Å². The molecule has 0 heterocycles. The fourth-order valence-corrected chi connectivity index (χ4v) is 2.91. The van der Waals surface area contributed by atoms with Gasteiger partial charge in [0.25, 0.3) is 11.8 Å². The Morgan fingerprint density at radius 1 is 0.893 bits per heavy atom. The lowest BCUT2D eigenvalue weighted by Crippen LogP contribution is -2.47. The minimum absolute atomic E-state index is 0.168. The second-order valence-electron chi connectivity index (χ2n) is 5.82. The van der Waals surface area contributed by atoms with Crippen molar-refractivity contribution in [1.29, 1.82) is 0 Å². The van der Waals surface area contributed by atoms with E-state index in [9.17, 15) is 9.59 Å². The average molecular weight is 413 g/mol. The molecular formula is C20H17ClN4O2S. The number of hydrogen-bond donors (Lipinski definition) is 4. The Labute approximate surface area is 172 Å². The predicted octanol–water partition coefficient (Wildman–Crippen LogP) is 3.24. The molecule has 0 saturated heterocycles. The van der Waals surface area contributed by atoms with E-state index in [4.69, 9.17) is 23.8 Å². The molecular weight excluding hydrogens is 396 g/mol. The van der Waals surface area contributed by atoms with Crippen LogP contribution >= 0.6 is 23.8 Å². The second-order valence-corrected chi connectivity index (χ2v) is 6.63. The Balaban J connectivity index is 1.49. The molecule has 0 aromatic heterocycles. The molecule has 3 aromatic carbocycles. The minimum atomic E-state index is -0.447. The van der Waals surface area contributed by atoms with E-state index in [0.717, 1.165) is 10.8 Å². The maximum absolute atomic E-state index is 12.4. The number of fused-ring (bicyclic) bond motifs is 1. The first-order valence-corrected chi connectivity index (χ1v) is 9.19. The molecule has 0 aliphatic rings. The van der Waals surface area contributed by atoms with Gasteiger partial charge in [0, 0.05) is 5.56 Å². The van der Waals surface area contributed by atoms with Crippen LogP contribution in [0.15, 0.2) is 66.7 Å². The SMILES string of the molecule is O=C(CNC(=O)c1cccc2ccccc12)NNC(=S)Nc1ccccc1Cl. The van der Waals surface area contributed by atoms with E-state index in [1.807, 2.05) is 30.3 Å². The standard InChI is InChI=1S/C20H17ClN4O2S/c21-16-10-3-4-11-17(16)23-20(28)25-24-18(26)12-22-19(27)15-9-5-7-13-6-1-2-8-14(13)15/h1-11H,12H2,(H,22,27)(H,24,26)(H2,23,25,28). The summed E-state index contributed by atoms with van der Waals surface area (Å²) < 4.78 is 0. The number of nitrogens with one attached hydrogen (secondary N) is 4. The first kappa shape index (κ1) is 19.6. The van der Waals surface area contributed by atoms with Crippen LogP contribution in [-0.4, -0.2) is 23.5 Å². The van der Waals surface area contributed by atoms with Gasteiger partial charge in [-0.3, -0.25) is 20.4 Å². The summed E-state index contributed by atoms with van der Waals surface area (Å²) >= 11 is 11.1. The lowest BCUT2D eigenvalue weighted by atomic mass is 10.0. The maximum Gasteiger partial charge on any atom is 0.257 e.